The summed E-state index contributed by atoms with van der Waals surface area (Å²) in [6, 6.07) is 13.2. The molecule has 0 N–H and O–H groups in total. The number of para-hydroxylation sites is 1. The number of nitrogens with zero attached hydrogens (tertiary/aromatic N) is 4. The molecule has 0 radical (unpaired) electrons. The zero-order valence-corrected chi connectivity index (χ0v) is 14.3. The van der Waals surface area contributed by atoms with Crippen molar-refractivity contribution in [1.29, 1.82) is 0 Å². The number of carbonyl (C=O) groups excluding carboxylic acids is 2. The predicted molar refractivity (Wildman–Crippen MR) is 92.7 cm³/mol. The van der Waals surface area contributed by atoms with Gasteiger partial charge >= 0.3 is 0 Å². The van der Waals surface area contributed by atoms with Crippen LogP contribution in [0.25, 0.3) is 0 Å². The highest BCUT2D eigenvalue weighted by atomic mass is 79.9. The van der Waals surface area contributed by atoms with Crippen molar-refractivity contribution in [2.45, 2.75) is 19.0 Å². The molecule has 2 amide bonds. The molecule has 24 heavy (non-hydrogen) atoms. The summed E-state index contributed by atoms with van der Waals surface area (Å²) < 4.78 is 0.701. The monoisotopic (exact) mass is 384 g/mol. The van der Waals surface area contributed by atoms with Crippen molar-refractivity contribution in [1.82, 2.24) is 0 Å². The zero-order chi connectivity index (χ0) is 16.8. The van der Waals surface area contributed by atoms with E-state index in [0.717, 1.165) is 11.3 Å². The Morgan fingerprint density at radius 2 is 1.79 bits per heavy atom. The number of fused-ring (bicyclic) bond motifs is 1. The second-order valence-corrected chi connectivity index (χ2v) is 6.60. The molecule has 0 aromatic heterocycles. The van der Waals surface area contributed by atoms with Crippen LogP contribution in [0.5, 0.6) is 0 Å². The fourth-order valence-electron chi connectivity index (χ4n) is 2.98. The molecule has 4 rings (SSSR count). The quantitative estimate of drug-likeness (QED) is 0.746. The minimum atomic E-state index is -0.800. The van der Waals surface area contributed by atoms with Crippen LogP contribution in [0.2, 0.25) is 0 Å². The third kappa shape index (κ3) is 2.16. The highest BCUT2D eigenvalue weighted by molar-refractivity contribution is 9.10. The lowest BCUT2D eigenvalue weighted by Crippen LogP contribution is -2.40. The highest BCUT2D eigenvalue weighted by Crippen LogP contribution is 2.37. The van der Waals surface area contributed by atoms with Crippen LogP contribution < -0.4 is 9.91 Å². The molecule has 2 aliphatic rings. The molecule has 0 saturated carbocycles. The Morgan fingerprint density at radius 1 is 1.04 bits per heavy atom. The largest absolute Gasteiger partial charge is 0.271 e. The van der Waals surface area contributed by atoms with Gasteiger partial charge in [0.05, 0.1) is 11.4 Å². The molecule has 6 nitrogen and oxygen atoms in total. The molecule has 2 heterocycles. The summed E-state index contributed by atoms with van der Waals surface area (Å²) in [5.74, 6) is -0.667. The lowest BCUT2D eigenvalue weighted by atomic mass is 10.1. The summed E-state index contributed by atoms with van der Waals surface area (Å²) in [6.07, 6.45) is 0. The molecule has 1 saturated heterocycles. The topological polar surface area (TPSA) is 65.3 Å². The standard InChI is InChI=1S/C17H13BrN4O2/c1-10-7-8-13(12(18)9-10)21-16(23)14-15(17(21)24)22(20-19-14)11-5-3-2-4-6-11/h2-9,14-15H,1H3/t14-,15+/m0/s1. The average Bonchev–Trinajstić information content (AvgIpc) is 3.11. The molecule has 0 unspecified atom stereocenters. The number of aryl methyl sites for hydroxylation is 1. The molecular weight excluding hydrogens is 372 g/mol. The number of carbonyl (C=O) groups is 2. The number of rotatable bonds is 2. The molecule has 120 valence electrons. The third-order valence-corrected chi connectivity index (χ3v) is 4.78. The van der Waals surface area contributed by atoms with Gasteiger partial charge in [0.15, 0.2) is 12.1 Å². The van der Waals surface area contributed by atoms with E-state index < -0.39 is 12.1 Å². The van der Waals surface area contributed by atoms with E-state index in [2.05, 4.69) is 26.3 Å². The van der Waals surface area contributed by atoms with E-state index in [4.69, 9.17) is 0 Å². The molecular formula is C17H13BrN4O2. The summed E-state index contributed by atoms with van der Waals surface area (Å²) in [4.78, 5) is 26.9. The number of anilines is 2. The van der Waals surface area contributed by atoms with Crippen LogP contribution in [0.3, 0.4) is 0 Å². The van der Waals surface area contributed by atoms with Crippen molar-refractivity contribution in [2.75, 3.05) is 9.91 Å². The first-order chi connectivity index (χ1) is 11.6. The molecule has 0 aliphatic carbocycles. The molecule has 2 atom stereocenters. The molecule has 0 spiro atoms. The first-order valence-electron chi connectivity index (χ1n) is 7.47. The van der Waals surface area contributed by atoms with Crippen LogP contribution in [0.15, 0.2) is 63.3 Å². The van der Waals surface area contributed by atoms with Gasteiger partial charge in [0.1, 0.15) is 0 Å². The fraction of sp³-hybridized carbons (Fsp3) is 0.176. The Morgan fingerprint density at radius 3 is 2.50 bits per heavy atom. The van der Waals surface area contributed by atoms with Crippen LogP contribution in [-0.4, -0.2) is 23.9 Å². The van der Waals surface area contributed by atoms with E-state index in [0.29, 0.717) is 10.2 Å². The minimum Gasteiger partial charge on any atom is -0.271 e. The van der Waals surface area contributed by atoms with Gasteiger partial charge in [0.2, 0.25) is 0 Å². The van der Waals surface area contributed by atoms with Gasteiger partial charge in [-0.3, -0.25) is 9.59 Å². The van der Waals surface area contributed by atoms with Gasteiger partial charge in [-0.05, 0) is 52.7 Å². The fourth-order valence-corrected chi connectivity index (χ4v) is 3.66. The predicted octanol–water partition coefficient (Wildman–Crippen LogP) is 3.26. The maximum absolute atomic E-state index is 12.9. The number of halogens is 1. The summed E-state index contributed by atoms with van der Waals surface area (Å²) in [6.45, 7) is 1.95. The first kappa shape index (κ1) is 15.0. The van der Waals surface area contributed by atoms with Crippen LogP contribution in [0.1, 0.15) is 5.56 Å². The highest BCUT2D eigenvalue weighted by Gasteiger charge is 2.55. The van der Waals surface area contributed by atoms with Crippen molar-refractivity contribution in [3.63, 3.8) is 0 Å². The Kier molecular flexibility index (Phi) is 3.45. The number of amides is 2. The van der Waals surface area contributed by atoms with Gasteiger partial charge in [-0.25, -0.2) is 9.91 Å². The number of hydrogen-bond acceptors (Lipinski definition) is 5. The lowest BCUT2D eigenvalue weighted by molar-refractivity contribution is -0.121. The van der Waals surface area contributed by atoms with E-state index in [1.807, 2.05) is 49.4 Å². The summed E-state index contributed by atoms with van der Waals surface area (Å²) in [5, 5.41) is 9.59. The molecule has 2 aromatic rings. The van der Waals surface area contributed by atoms with E-state index in [-0.39, 0.29) is 11.8 Å². The first-order valence-corrected chi connectivity index (χ1v) is 8.26. The molecule has 2 aliphatic heterocycles. The van der Waals surface area contributed by atoms with E-state index in [1.54, 1.807) is 6.07 Å². The molecule has 1 fully saturated rings. The average molecular weight is 385 g/mol. The van der Waals surface area contributed by atoms with E-state index >= 15 is 0 Å². The second kappa shape index (κ2) is 5.52. The van der Waals surface area contributed by atoms with Crippen molar-refractivity contribution in [2.24, 2.45) is 10.3 Å². The maximum Gasteiger partial charge on any atom is 0.263 e. The number of benzene rings is 2. The van der Waals surface area contributed by atoms with Crippen LogP contribution in [0.4, 0.5) is 11.4 Å². The van der Waals surface area contributed by atoms with E-state index in [1.165, 1.54) is 9.91 Å². The molecule has 0 bridgehead atoms. The Balaban J connectivity index is 1.73. The summed E-state index contributed by atoms with van der Waals surface area (Å²) >= 11 is 3.44. The van der Waals surface area contributed by atoms with Gasteiger partial charge in [0, 0.05) is 4.47 Å². The van der Waals surface area contributed by atoms with Gasteiger partial charge < -0.3 is 0 Å². The van der Waals surface area contributed by atoms with Crippen LogP contribution in [0, 0.1) is 6.92 Å². The number of imide groups is 1. The summed E-state index contributed by atoms with van der Waals surface area (Å²) in [5.41, 5.74) is 2.31. The Hall–Kier alpha value is -2.54. The third-order valence-electron chi connectivity index (χ3n) is 4.15. The van der Waals surface area contributed by atoms with E-state index in [9.17, 15) is 9.59 Å². The second-order valence-electron chi connectivity index (χ2n) is 5.74. The molecule has 7 heteroatoms. The van der Waals surface area contributed by atoms with Gasteiger partial charge in [-0.1, -0.05) is 29.5 Å². The zero-order valence-electron chi connectivity index (χ0n) is 12.8. The van der Waals surface area contributed by atoms with Crippen LogP contribution >= 0.6 is 15.9 Å². The Labute approximate surface area is 146 Å². The molecule has 2 aromatic carbocycles. The minimum absolute atomic E-state index is 0.316. The normalized spacial score (nSPS) is 22.4. The Bertz CT molecular complexity index is 868. The maximum atomic E-state index is 12.9. The van der Waals surface area contributed by atoms with Crippen molar-refractivity contribution >= 4 is 39.1 Å². The summed E-state index contributed by atoms with van der Waals surface area (Å²) in [7, 11) is 0. The SMILES string of the molecule is Cc1ccc(N2C(=O)[C@H]3N=NN(c4ccccc4)[C@H]3C2=O)c(Br)c1. The van der Waals surface area contributed by atoms with Gasteiger partial charge in [0.25, 0.3) is 11.8 Å². The van der Waals surface area contributed by atoms with Crippen molar-refractivity contribution < 1.29 is 9.59 Å². The van der Waals surface area contributed by atoms with Crippen molar-refractivity contribution in [3.05, 3.63) is 58.6 Å². The van der Waals surface area contributed by atoms with Gasteiger partial charge in [-0.2, -0.15) is 5.11 Å². The smallest absolute Gasteiger partial charge is 0.263 e. The van der Waals surface area contributed by atoms with Crippen molar-refractivity contribution in [3.8, 4) is 0 Å². The lowest BCUT2D eigenvalue weighted by Gasteiger charge is -2.21. The number of hydrogen-bond donors (Lipinski definition) is 0. The van der Waals surface area contributed by atoms with Gasteiger partial charge in [-0.15, -0.1) is 0 Å². The van der Waals surface area contributed by atoms with Crippen LogP contribution in [-0.2, 0) is 9.59 Å².